The number of aromatic amines is 2. The Labute approximate surface area is 769 Å². The third-order valence-corrected chi connectivity index (χ3v) is 25.1. The van der Waals surface area contributed by atoms with Gasteiger partial charge in [-0.3, -0.25) is 81.5 Å². The van der Waals surface area contributed by atoms with Crippen LogP contribution in [-0.2, 0) is 101 Å². The van der Waals surface area contributed by atoms with Crippen LogP contribution < -0.4 is 86.6 Å². The number of para-hydroxylation sites is 2. The summed E-state index contributed by atoms with van der Waals surface area (Å²) in [6.45, 7) is 3.05. The summed E-state index contributed by atoms with van der Waals surface area (Å²) < 4.78 is 5.34. The molecule has 3 aliphatic heterocycles. The van der Waals surface area contributed by atoms with Crippen molar-refractivity contribution < 1.29 is 96.5 Å². The van der Waals surface area contributed by atoms with Crippen molar-refractivity contribution in [2.24, 2.45) is 28.7 Å². The molecule has 5 aromatic rings. The predicted molar refractivity (Wildman–Crippen MR) is 489 cm³/mol. The highest BCUT2D eigenvalue weighted by Crippen LogP contribution is 2.28. The average molecular weight is 1860 g/mol. The molecule has 15 atom stereocenters. The number of fused-ring (bicyclic) bond motifs is 4. The highest BCUT2D eigenvalue weighted by molar-refractivity contribution is 8.00. The second-order valence-corrected chi connectivity index (χ2v) is 34.6. The van der Waals surface area contributed by atoms with E-state index in [2.05, 4.69) is 63.1 Å². The standard InChI is InChI=1S/C89H130N22O20S/c1-8-10-24-69-82(123)100-60(31-32-75(115)116)78(119)106-68(77(118)97-46-73(94)113)48-132-49-74(114)98-65(39-51-27-29-55(131-7)30-28-51)85(126)107(4)50(3)76(117)101-63(34-37-92)87(128)110-38-18-26-70(110)83(124)105-67(43-93)81(122)102-62(23-16-17-35-90)88(129)111-47-54(112)42-72(111)84(125)103-64(40-52-44-95-58-21-14-12-19-56(52)58)80(121)99-61(33-36-91)79(120)104-66(41-53-45-96-59-22-15-13-20-57(53)59)86(127)109(6)71(25-11-9-2)89(130)108(69)5/h12-15,19-22,27-30,44-45,50,54,60-72,95-96,112H,8-11,16-18,23-26,31-43,46-49,90-93H2,1-7H3,(H2,94,113)(H,97,118)(H,98,114)(H,99,121)(H,100,123)(H,101,117)(H,102,122)(H,103,125)(H,104,120)(H,105,124)(H,106,119)(H,115,116)/t50-,54+,60-,61-,62-,63+,64-,65-,66-,67-,68-,69-,70-,71-,72-/m0/s1. The third-order valence-electron chi connectivity index (χ3n) is 24.0. The van der Waals surface area contributed by atoms with Gasteiger partial charge in [-0.2, -0.15) is 0 Å². The molecule has 3 aliphatic rings. The second kappa shape index (κ2) is 51.5. The minimum absolute atomic E-state index is 0.00893. The molecule has 16 amide bonds. The number of carbonyl (C=O) groups excluding carboxylic acids is 16. The van der Waals surface area contributed by atoms with Gasteiger partial charge >= 0.3 is 5.97 Å². The van der Waals surface area contributed by atoms with Gasteiger partial charge in [-0.05, 0) is 132 Å². The van der Waals surface area contributed by atoms with Crippen LogP contribution in [0.2, 0.25) is 0 Å². The van der Waals surface area contributed by atoms with Gasteiger partial charge in [0.2, 0.25) is 94.5 Å². The number of aliphatic carboxylic acids is 1. The molecule has 0 aliphatic carbocycles. The number of benzene rings is 3. The Morgan fingerprint density at radius 1 is 0.508 bits per heavy atom. The van der Waals surface area contributed by atoms with Crippen LogP contribution in [0.1, 0.15) is 140 Å². The number of carboxylic acid groups (broad SMARTS) is 1. The zero-order valence-electron chi connectivity index (χ0n) is 75.8. The molecule has 42 nitrogen and oxygen atoms in total. The Morgan fingerprint density at radius 2 is 1.02 bits per heavy atom. The zero-order chi connectivity index (χ0) is 96.6. The van der Waals surface area contributed by atoms with Crippen molar-refractivity contribution in [3.63, 3.8) is 0 Å². The van der Waals surface area contributed by atoms with Crippen LogP contribution in [0.25, 0.3) is 21.8 Å². The topological polar surface area (TPSA) is 638 Å². The maximum atomic E-state index is 15.8. The summed E-state index contributed by atoms with van der Waals surface area (Å²) in [5, 5.41) is 49.3. The summed E-state index contributed by atoms with van der Waals surface area (Å²) in [7, 11) is 5.40. The highest BCUT2D eigenvalue weighted by atomic mass is 32.2. The van der Waals surface area contributed by atoms with E-state index in [1.807, 2.05) is 13.8 Å². The number of nitrogens with one attached hydrogen (secondary N) is 12. The molecule has 0 unspecified atom stereocenters. The number of hydrogen-bond donors (Lipinski definition) is 19. The number of H-pyrrole nitrogens is 2. The minimum atomic E-state index is -1.76. The second-order valence-electron chi connectivity index (χ2n) is 33.5. The number of nitrogens with zero attached hydrogens (tertiary/aromatic N) is 5. The summed E-state index contributed by atoms with van der Waals surface area (Å²) >= 11 is 0.757. The Bertz CT molecular complexity index is 4860. The number of hydrogen-bond acceptors (Lipinski definition) is 24. The molecule has 3 fully saturated rings. The first kappa shape index (κ1) is 105. The summed E-state index contributed by atoms with van der Waals surface area (Å²) in [5.41, 5.74) is 32.8. The van der Waals surface area contributed by atoms with Crippen LogP contribution in [0.5, 0.6) is 5.75 Å². The normalized spacial score (nSPS) is 25.1. The number of primary amides is 1. The van der Waals surface area contributed by atoms with Crippen molar-refractivity contribution in [1.29, 1.82) is 0 Å². The van der Waals surface area contributed by atoms with Crippen LogP contribution in [0.4, 0.5) is 0 Å². The number of aliphatic hydroxyl groups excluding tert-OH is 1. The number of nitrogens with two attached hydrogens (primary N) is 5. The van der Waals surface area contributed by atoms with Crippen molar-refractivity contribution >= 4 is 134 Å². The van der Waals surface area contributed by atoms with E-state index in [9.17, 15) is 58.2 Å². The Kier molecular flexibility index (Phi) is 41.0. The molecule has 5 heterocycles. The average Bonchev–Trinajstić information content (AvgIpc) is 1.15. The molecule has 8 rings (SSSR count). The molecule has 3 saturated heterocycles. The van der Waals surface area contributed by atoms with Crippen molar-refractivity contribution in [1.82, 2.24) is 87.6 Å². The van der Waals surface area contributed by atoms with Gasteiger partial charge in [0.1, 0.15) is 90.3 Å². The molecular weight excluding hydrogens is 1730 g/mol. The number of rotatable bonds is 28. The van der Waals surface area contributed by atoms with Crippen LogP contribution >= 0.6 is 11.8 Å². The van der Waals surface area contributed by atoms with E-state index in [0.29, 0.717) is 76.3 Å². The monoisotopic (exact) mass is 1860 g/mol. The van der Waals surface area contributed by atoms with Gasteiger partial charge in [-0.15, -0.1) is 11.8 Å². The molecule has 0 bridgehead atoms. The van der Waals surface area contributed by atoms with Gasteiger partial charge in [-0.25, -0.2) is 0 Å². The van der Waals surface area contributed by atoms with Gasteiger partial charge in [0.15, 0.2) is 0 Å². The number of methoxy groups -OCH3 is 1. The molecular formula is C89H130N22O20S. The smallest absolute Gasteiger partial charge is 0.303 e. The Morgan fingerprint density at radius 3 is 1.62 bits per heavy atom. The number of thioether (sulfide) groups is 1. The van der Waals surface area contributed by atoms with E-state index in [1.165, 1.54) is 40.1 Å². The number of aromatic nitrogens is 2. The van der Waals surface area contributed by atoms with Crippen molar-refractivity contribution in [3.05, 3.63) is 102 Å². The molecule has 3 aromatic carbocycles. The van der Waals surface area contributed by atoms with Crippen molar-refractivity contribution in [2.45, 2.75) is 233 Å². The highest BCUT2D eigenvalue weighted by Gasteiger charge is 2.46. The fourth-order valence-electron chi connectivity index (χ4n) is 16.4. The molecule has 722 valence electrons. The predicted octanol–water partition coefficient (Wildman–Crippen LogP) is -3.12. The van der Waals surface area contributed by atoms with E-state index in [4.69, 9.17) is 33.4 Å². The number of ether oxygens (including phenoxy) is 1. The molecule has 0 spiro atoms. The molecule has 0 saturated carbocycles. The molecule has 132 heavy (non-hydrogen) atoms. The van der Waals surface area contributed by atoms with Gasteiger partial charge in [0.05, 0.1) is 25.5 Å². The largest absolute Gasteiger partial charge is 0.497 e. The van der Waals surface area contributed by atoms with E-state index in [0.717, 1.165) is 31.4 Å². The number of amides is 16. The lowest BCUT2D eigenvalue weighted by atomic mass is 9.99. The lowest BCUT2D eigenvalue weighted by Gasteiger charge is -2.36. The first-order chi connectivity index (χ1) is 63.1. The fourth-order valence-corrected chi connectivity index (χ4v) is 17.2. The number of carbonyl (C=O) groups is 17. The van der Waals surface area contributed by atoms with Gasteiger partial charge in [0.25, 0.3) is 0 Å². The Balaban J connectivity index is 1.19. The number of carboxylic acids is 1. The maximum Gasteiger partial charge on any atom is 0.303 e. The first-order valence-electron chi connectivity index (χ1n) is 44.8. The van der Waals surface area contributed by atoms with Gasteiger partial charge < -0.3 is 131 Å². The maximum absolute atomic E-state index is 15.8. The van der Waals surface area contributed by atoms with Gasteiger partial charge in [-0.1, -0.05) is 88.1 Å². The van der Waals surface area contributed by atoms with E-state index >= 15 is 33.6 Å². The van der Waals surface area contributed by atoms with E-state index in [1.54, 1.807) is 85.2 Å². The zero-order valence-corrected chi connectivity index (χ0v) is 76.6. The molecule has 0 radical (unpaired) electrons. The SMILES string of the molecule is CCCC[C@H]1C(=O)N(C)[C@@H](CCCC)C(=O)N[C@@H](CCC(=O)O)C(=O)N[C@H](C(=O)NCC(N)=O)CSCC(=O)N[C@@H](Cc2ccc(OC)cc2)C(=O)N(C)[C@@H](C)C(=O)N[C@H](CCN)C(=O)N2CCC[C@H]2C(=O)N[C@@H](CN)C(=O)N[C@@H](CCCCN)C(=O)N2C[C@H](O)C[C@H]2C(=O)N[C@@H](Cc2c[nH]c3ccccc23)C(=O)N[C@@H](CCN)C(=O)N[C@@H](Cc2c[nH]c3ccccc23)C(=O)N1C. The number of unbranched alkanes of at least 4 members (excludes halogenated alkanes) is 3. The summed E-state index contributed by atoms with van der Waals surface area (Å²) in [4.78, 5) is 260. The molecule has 2 aromatic heterocycles. The summed E-state index contributed by atoms with van der Waals surface area (Å²) in [6, 6.07) is -0.264. The van der Waals surface area contributed by atoms with Crippen LogP contribution in [0.3, 0.4) is 0 Å². The minimum Gasteiger partial charge on any atom is -0.497 e. The van der Waals surface area contributed by atoms with Gasteiger partial charge in [0, 0.05) is 113 Å². The lowest BCUT2D eigenvalue weighted by Crippen LogP contribution is -2.61. The third kappa shape index (κ3) is 29.1. The lowest BCUT2D eigenvalue weighted by molar-refractivity contribution is -0.149. The van der Waals surface area contributed by atoms with Crippen LogP contribution in [0, 0.1) is 0 Å². The van der Waals surface area contributed by atoms with Crippen LogP contribution in [-0.4, -0.2) is 321 Å². The van der Waals surface area contributed by atoms with E-state index in [-0.39, 0.29) is 103 Å². The molecule has 24 N–H and O–H groups in total. The van der Waals surface area contributed by atoms with E-state index < -0.39 is 235 Å². The molecule has 43 heteroatoms. The number of aliphatic hydroxyl groups is 1. The number of likely N-dealkylation sites (N-methyl/N-ethyl adjacent to an activating group) is 3. The van der Waals surface area contributed by atoms with Crippen molar-refractivity contribution in [2.75, 3.05) is 85.6 Å². The Hall–Kier alpha value is -12.3. The fraction of sp³-hybridized carbons (Fsp3) is 0.562. The summed E-state index contributed by atoms with van der Waals surface area (Å²) in [5.74, 6) is -16.3. The van der Waals surface area contributed by atoms with Crippen LogP contribution in [0.15, 0.2) is 85.2 Å². The quantitative estimate of drug-likeness (QED) is 0.0220. The summed E-state index contributed by atoms with van der Waals surface area (Å²) in [6.07, 6.45) is 1.51. The van der Waals surface area contributed by atoms with Crippen molar-refractivity contribution in [3.8, 4) is 5.75 Å². The first-order valence-corrected chi connectivity index (χ1v) is 46.0.